The number of aryl methyl sites for hydroxylation is 2. The van der Waals surface area contributed by atoms with Crippen LogP contribution in [0.5, 0.6) is 0 Å². The van der Waals surface area contributed by atoms with Gasteiger partial charge in [0.2, 0.25) is 0 Å². The first-order chi connectivity index (χ1) is 14.9. The van der Waals surface area contributed by atoms with Crippen LogP contribution in [-0.2, 0) is 0 Å². The van der Waals surface area contributed by atoms with Gasteiger partial charge >= 0.3 is 0 Å². The summed E-state index contributed by atoms with van der Waals surface area (Å²) in [4.78, 5) is 27.6. The van der Waals surface area contributed by atoms with Crippen LogP contribution >= 0.6 is 0 Å². The Balaban J connectivity index is 1.42. The third kappa shape index (κ3) is 4.41. The fraction of sp³-hybridized carbons (Fsp3) is 0.308. The second-order valence-electron chi connectivity index (χ2n) is 8.37. The molecule has 1 aromatic heterocycles. The van der Waals surface area contributed by atoms with E-state index in [-0.39, 0.29) is 17.9 Å². The Bertz CT molecular complexity index is 1090. The van der Waals surface area contributed by atoms with Crippen LogP contribution in [0.15, 0.2) is 60.7 Å². The number of amides is 2. The van der Waals surface area contributed by atoms with E-state index in [4.69, 9.17) is 0 Å². The van der Waals surface area contributed by atoms with Gasteiger partial charge in [0, 0.05) is 41.8 Å². The van der Waals surface area contributed by atoms with E-state index in [2.05, 4.69) is 35.0 Å². The highest BCUT2D eigenvalue weighted by atomic mass is 16.2. The summed E-state index contributed by atoms with van der Waals surface area (Å²) in [5.74, 6) is 0.0203. The number of carbonyl (C=O) groups excluding carboxylic acids is 2. The Kier molecular flexibility index (Phi) is 5.94. The Morgan fingerprint density at radius 1 is 0.903 bits per heavy atom. The SMILES string of the molecule is Cc1cccc(-n2c(C)cc(C(=O)N3CCC(NC(=O)c4ccccc4)CC3)c2C)c1. The van der Waals surface area contributed by atoms with Crippen LogP contribution in [0.2, 0.25) is 0 Å². The molecule has 3 aromatic rings. The van der Waals surface area contributed by atoms with Gasteiger partial charge in [-0.3, -0.25) is 9.59 Å². The van der Waals surface area contributed by atoms with Crippen molar-refractivity contribution in [3.8, 4) is 5.69 Å². The largest absolute Gasteiger partial charge is 0.349 e. The average Bonchev–Trinajstić information content (AvgIpc) is 3.08. The fourth-order valence-corrected chi connectivity index (χ4v) is 4.40. The van der Waals surface area contributed by atoms with Crippen molar-refractivity contribution in [2.75, 3.05) is 13.1 Å². The summed E-state index contributed by atoms with van der Waals surface area (Å²) >= 11 is 0. The number of hydrogen-bond acceptors (Lipinski definition) is 2. The van der Waals surface area contributed by atoms with E-state index >= 15 is 0 Å². The van der Waals surface area contributed by atoms with Crippen LogP contribution < -0.4 is 5.32 Å². The molecule has 160 valence electrons. The van der Waals surface area contributed by atoms with Crippen LogP contribution in [0.25, 0.3) is 5.69 Å². The molecule has 0 bridgehead atoms. The molecule has 1 N–H and O–H groups in total. The van der Waals surface area contributed by atoms with Gasteiger partial charge in [0.25, 0.3) is 11.8 Å². The predicted molar refractivity (Wildman–Crippen MR) is 123 cm³/mol. The molecule has 0 radical (unpaired) electrons. The molecule has 0 aliphatic carbocycles. The molecule has 0 saturated carbocycles. The minimum atomic E-state index is -0.0490. The topological polar surface area (TPSA) is 54.3 Å². The summed E-state index contributed by atoms with van der Waals surface area (Å²) in [5, 5.41) is 3.10. The molecule has 2 aromatic carbocycles. The summed E-state index contributed by atoms with van der Waals surface area (Å²) in [6.07, 6.45) is 1.53. The highest BCUT2D eigenvalue weighted by Gasteiger charge is 2.27. The van der Waals surface area contributed by atoms with Gasteiger partial charge in [-0.25, -0.2) is 0 Å². The molecule has 31 heavy (non-hydrogen) atoms. The lowest BCUT2D eigenvalue weighted by Crippen LogP contribution is -2.46. The maximum absolute atomic E-state index is 13.3. The number of benzene rings is 2. The Morgan fingerprint density at radius 3 is 2.29 bits per heavy atom. The highest BCUT2D eigenvalue weighted by molar-refractivity contribution is 5.96. The molecule has 5 heteroatoms. The smallest absolute Gasteiger partial charge is 0.255 e. The predicted octanol–water partition coefficient (Wildman–Crippen LogP) is 4.44. The van der Waals surface area contributed by atoms with Crippen molar-refractivity contribution in [2.24, 2.45) is 0 Å². The molecule has 0 spiro atoms. The van der Waals surface area contributed by atoms with E-state index in [1.807, 2.05) is 61.2 Å². The quantitative estimate of drug-likeness (QED) is 0.685. The normalized spacial score (nSPS) is 14.5. The number of aromatic nitrogens is 1. The van der Waals surface area contributed by atoms with Gasteiger partial charge in [-0.15, -0.1) is 0 Å². The van der Waals surface area contributed by atoms with E-state index in [0.29, 0.717) is 18.7 Å². The minimum absolute atomic E-state index is 0.0490. The molecule has 2 amide bonds. The fourth-order valence-electron chi connectivity index (χ4n) is 4.40. The maximum atomic E-state index is 13.3. The van der Waals surface area contributed by atoms with Crippen molar-refractivity contribution in [3.05, 3.63) is 88.7 Å². The second-order valence-corrected chi connectivity index (χ2v) is 8.37. The lowest BCUT2D eigenvalue weighted by molar-refractivity contribution is 0.0697. The number of nitrogens with zero attached hydrogens (tertiary/aromatic N) is 2. The van der Waals surface area contributed by atoms with Crippen LogP contribution in [0, 0.1) is 20.8 Å². The maximum Gasteiger partial charge on any atom is 0.255 e. The molecule has 0 unspecified atom stereocenters. The van der Waals surface area contributed by atoms with Crippen LogP contribution in [-0.4, -0.2) is 40.4 Å². The van der Waals surface area contributed by atoms with Crippen molar-refractivity contribution in [1.29, 1.82) is 0 Å². The van der Waals surface area contributed by atoms with Gasteiger partial charge in [-0.2, -0.15) is 0 Å². The molecular weight excluding hydrogens is 386 g/mol. The summed E-state index contributed by atoms with van der Waals surface area (Å²) in [6.45, 7) is 7.41. The lowest BCUT2D eigenvalue weighted by Gasteiger charge is -2.32. The van der Waals surface area contributed by atoms with Crippen molar-refractivity contribution in [3.63, 3.8) is 0 Å². The monoisotopic (exact) mass is 415 g/mol. The summed E-state index contributed by atoms with van der Waals surface area (Å²) in [5.41, 5.74) is 5.72. The lowest BCUT2D eigenvalue weighted by atomic mass is 10.0. The minimum Gasteiger partial charge on any atom is -0.349 e. The van der Waals surface area contributed by atoms with E-state index in [1.165, 1.54) is 5.56 Å². The third-order valence-corrected chi connectivity index (χ3v) is 6.07. The standard InChI is InChI=1S/C26H29N3O2/c1-18-8-7-11-23(16-18)29-19(2)17-24(20(29)3)26(31)28-14-12-22(13-15-28)27-25(30)21-9-5-4-6-10-21/h4-11,16-17,22H,12-15H2,1-3H3,(H,27,30). The molecule has 2 heterocycles. The average molecular weight is 416 g/mol. The Labute approximate surface area is 183 Å². The molecule has 5 nitrogen and oxygen atoms in total. The summed E-state index contributed by atoms with van der Waals surface area (Å²) in [6, 6.07) is 19.7. The summed E-state index contributed by atoms with van der Waals surface area (Å²) < 4.78 is 2.15. The highest BCUT2D eigenvalue weighted by Crippen LogP contribution is 2.24. The Morgan fingerprint density at radius 2 is 1.61 bits per heavy atom. The number of carbonyl (C=O) groups is 2. The molecule has 1 saturated heterocycles. The van der Waals surface area contributed by atoms with Crippen molar-refractivity contribution >= 4 is 11.8 Å². The zero-order valence-corrected chi connectivity index (χ0v) is 18.4. The van der Waals surface area contributed by atoms with Crippen LogP contribution in [0.3, 0.4) is 0 Å². The Hall–Kier alpha value is -3.34. The van der Waals surface area contributed by atoms with Crippen molar-refractivity contribution < 1.29 is 9.59 Å². The first kappa shape index (κ1) is 20.9. The number of nitrogens with one attached hydrogen (secondary N) is 1. The van der Waals surface area contributed by atoms with Gasteiger partial charge < -0.3 is 14.8 Å². The van der Waals surface area contributed by atoms with Gasteiger partial charge in [0.15, 0.2) is 0 Å². The van der Waals surface area contributed by atoms with Gasteiger partial charge in [0.05, 0.1) is 5.56 Å². The van der Waals surface area contributed by atoms with Gasteiger partial charge in [-0.1, -0.05) is 30.3 Å². The van der Waals surface area contributed by atoms with E-state index in [0.717, 1.165) is 35.5 Å². The zero-order valence-electron chi connectivity index (χ0n) is 18.4. The van der Waals surface area contributed by atoms with Crippen LogP contribution in [0.4, 0.5) is 0 Å². The van der Waals surface area contributed by atoms with E-state index in [9.17, 15) is 9.59 Å². The van der Waals surface area contributed by atoms with E-state index in [1.54, 1.807) is 0 Å². The van der Waals surface area contributed by atoms with Crippen molar-refractivity contribution in [2.45, 2.75) is 39.7 Å². The van der Waals surface area contributed by atoms with Crippen LogP contribution in [0.1, 0.15) is 50.5 Å². The van der Waals surface area contributed by atoms with Gasteiger partial charge in [-0.05, 0) is 69.5 Å². The molecule has 0 atom stereocenters. The number of hydrogen-bond donors (Lipinski definition) is 1. The molecule has 4 rings (SSSR count). The number of rotatable bonds is 4. The summed E-state index contributed by atoms with van der Waals surface area (Å²) in [7, 11) is 0. The second kappa shape index (κ2) is 8.80. The van der Waals surface area contributed by atoms with Gasteiger partial charge in [0.1, 0.15) is 0 Å². The van der Waals surface area contributed by atoms with Crippen molar-refractivity contribution in [1.82, 2.24) is 14.8 Å². The molecular formula is C26H29N3O2. The number of piperidine rings is 1. The molecule has 1 aliphatic rings. The first-order valence-corrected chi connectivity index (χ1v) is 10.8. The third-order valence-electron chi connectivity index (χ3n) is 6.07. The molecule has 1 aliphatic heterocycles. The molecule has 1 fully saturated rings. The first-order valence-electron chi connectivity index (χ1n) is 10.8. The van der Waals surface area contributed by atoms with E-state index < -0.39 is 0 Å². The zero-order chi connectivity index (χ0) is 22.0. The number of likely N-dealkylation sites (tertiary alicyclic amines) is 1.